The Morgan fingerprint density at radius 1 is 0.445 bits per heavy atom. The van der Waals surface area contributed by atoms with Crippen LogP contribution in [-0.4, -0.2) is 225 Å². The molecule has 0 fully saturated rings. The van der Waals surface area contributed by atoms with Crippen molar-refractivity contribution in [2.45, 2.75) is 116 Å². The maximum atomic E-state index is 14.3. The highest BCUT2D eigenvalue weighted by Gasteiger charge is 2.39. The van der Waals surface area contributed by atoms with Crippen LogP contribution in [0.4, 0.5) is 0 Å². The van der Waals surface area contributed by atoms with E-state index < -0.39 is 133 Å². The Morgan fingerprint density at radius 3 is 1.33 bits per heavy atom. The molecular formula is C72H93N11O22S5. The van der Waals surface area contributed by atoms with E-state index in [1.165, 1.54) is 0 Å². The van der Waals surface area contributed by atoms with Crippen LogP contribution in [0.5, 0.6) is 5.88 Å². The number of tetrazole rings is 1. The van der Waals surface area contributed by atoms with Gasteiger partial charge in [-0.05, 0) is 124 Å². The molecule has 5 aromatic carbocycles. The van der Waals surface area contributed by atoms with Gasteiger partial charge in [0.25, 0.3) is 40.5 Å². The van der Waals surface area contributed by atoms with Gasteiger partial charge < -0.3 is 50.8 Å². The predicted molar refractivity (Wildman–Crippen MR) is 407 cm³/mol. The number of carbonyl (C=O) groups excluding carboxylic acids is 6. The molecule has 4 atom stereocenters. The third kappa shape index (κ3) is 30.6. The highest BCUT2D eigenvalue weighted by molar-refractivity contribution is 8.34. The molecule has 10 N–H and O–H groups in total. The summed E-state index contributed by atoms with van der Waals surface area (Å²) in [6.07, 6.45) is 4.77. The minimum atomic E-state index is -5.38. The van der Waals surface area contributed by atoms with Crippen molar-refractivity contribution in [2.24, 2.45) is 0 Å². The van der Waals surface area contributed by atoms with Gasteiger partial charge in [0.15, 0.2) is 5.82 Å². The first kappa shape index (κ1) is 88.0. The number of aryl methyl sites for hydroxylation is 1. The van der Waals surface area contributed by atoms with E-state index in [2.05, 4.69) is 63.5 Å². The van der Waals surface area contributed by atoms with Crippen molar-refractivity contribution in [3.8, 4) is 28.3 Å². The third-order valence-electron chi connectivity index (χ3n) is 16.7. The Bertz CT molecular complexity index is 4450. The number of rotatable bonds is 49. The summed E-state index contributed by atoms with van der Waals surface area (Å²) in [4.78, 5) is 88.5. The summed E-state index contributed by atoms with van der Waals surface area (Å²) in [6.45, 7) is 6.48. The van der Waals surface area contributed by atoms with Crippen LogP contribution >= 0.6 is 10.0 Å². The smallest absolute Gasteiger partial charge is 0.267 e. The van der Waals surface area contributed by atoms with Gasteiger partial charge in [-0.1, -0.05) is 129 Å². The summed E-state index contributed by atoms with van der Waals surface area (Å²) in [6, 6.07) is 40.4. The number of unbranched alkanes of at least 4 members (excludes halogenated alkanes) is 2. The van der Waals surface area contributed by atoms with E-state index in [1.807, 2.05) is 65.2 Å². The molecule has 0 saturated carbocycles. The normalized spacial score (nSPS) is 13.4. The molecule has 0 spiro atoms. The number of hydrogen-bond donors (Lipinski definition) is 10. The van der Waals surface area contributed by atoms with Crippen LogP contribution in [0.25, 0.3) is 22.4 Å². The topological polar surface area (TPSA) is 485 Å². The van der Waals surface area contributed by atoms with Crippen LogP contribution in [0.2, 0.25) is 0 Å². The van der Waals surface area contributed by atoms with E-state index in [9.17, 15) is 80.6 Å². The number of pyridine rings is 1. The molecule has 0 aliphatic carbocycles. The van der Waals surface area contributed by atoms with Crippen LogP contribution in [0.15, 0.2) is 178 Å². The molecule has 0 radical (unpaired) electrons. The lowest BCUT2D eigenvalue weighted by Gasteiger charge is -2.41. The van der Waals surface area contributed by atoms with Gasteiger partial charge in [0.1, 0.15) is 47.2 Å². The van der Waals surface area contributed by atoms with Gasteiger partial charge in [0.05, 0.1) is 44.5 Å². The monoisotopic (exact) mass is 1620 g/mol. The number of carbonyl (C=O) groups is 6. The van der Waals surface area contributed by atoms with Crippen molar-refractivity contribution in [3.05, 3.63) is 170 Å². The molecule has 0 aliphatic heterocycles. The zero-order valence-electron chi connectivity index (χ0n) is 60.6. The molecule has 2 aromatic heterocycles. The molecule has 38 heteroatoms. The lowest BCUT2D eigenvalue weighted by atomic mass is 9.86. The van der Waals surface area contributed by atoms with Crippen molar-refractivity contribution in [1.82, 2.24) is 57.1 Å². The van der Waals surface area contributed by atoms with Crippen molar-refractivity contribution in [3.63, 3.8) is 0 Å². The molecular weight excluding hydrogens is 1530 g/mol. The van der Waals surface area contributed by atoms with Gasteiger partial charge >= 0.3 is 0 Å². The van der Waals surface area contributed by atoms with E-state index >= 15 is 0 Å². The molecule has 7 rings (SSSR count). The van der Waals surface area contributed by atoms with Gasteiger partial charge in [0.2, 0.25) is 41.3 Å². The Hall–Kier alpha value is -9.19. The lowest BCUT2D eigenvalue weighted by Crippen LogP contribution is -2.62. The van der Waals surface area contributed by atoms with Crippen molar-refractivity contribution in [2.75, 3.05) is 88.1 Å². The fourth-order valence-electron chi connectivity index (χ4n) is 11.5. The second kappa shape index (κ2) is 42.8. The number of hydrogen-bond acceptors (Lipinski definition) is 22. The highest BCUT2D eigenvalue weighted by atomic mass is 32.3. The second-order valence-electron chi connectivity index (χ2n) is 26.0. The first-order valence-electron chi connectivity index (χ1n) is 35.0. The Labute approximate surface area is 640 Å². The minimum Gasteiger partial charge on any atom is -0.478 e. The Balaban J connectivity index is 0.778. The quantitative estimate of drug-likeness (QED) is 0.0183. The van der Waals surface area contributed by atoms with Gasteiger partial charge in [-0.2, -0.15) is 43.7 Å². The molecule has 7 aromatic rings. The number of aromatic nitrogens is 5. The zero-order valence-corrected chi connectivity index (χ0v) is 64.7. The van der Waals surface area contributed by atoms with Gasteiger partial charge in [-0.15, -0.1) is 5.10 Å². The summed E-state index contributed by atoms with van der Waals surface area (Å²) in [5.74, 6) is -13.5. The summed E-state index contributed by atoms with van der Waals surface area (Å²) in [5.41, 5.74) is 3.62. The van der Waals surface area contributed by atoms with E-state index in [0.717, 1.165) is 47.5 Å². The number of nitrogens with one attached hydrogen (secondary N) is 6. The van der Waals surface area contributed by atoms with Crippen LogP contribution < -0.4 is 36.6 Å². The van der Waals surface area contributed by atoms with Crippen molar-refractivity contribution >= 4 is 85.9 Å². The average Bonchev–Trinajstić information content (AvgIpc) is 0.962. The number of nitrogens with zero attached hydrogens (tertiary/aromatic N) is 5. The predicted octanol–water partition coefficient (Wildman–Crippen LogP) is 4.63. The van der Waals surface area contributed by atoms with Crippen LogP contribution in [0, 0.1) is 0 Å². The Kier molecular flexibility index (Phi) is 34.3. The van der Waals surface area contributed by atoms with Crippen LogP contribution in [0.3, 0.4) is 0 Å². The SMILES string of the molecule is CC(C)(CCCCOc1cc(-c2ccccc2)cc(-c2ccccc2)n1)c1nnnn1CCCCC(=O)NCCCOCCOCCOCCCNC(=O)[C@H](CS(=O)(=O)O)NC(=O)[C@H](CS(=O)(=O)O)NC(=O)[C@H](CS(=O)(=O)O)NC(=O)[C@H](CS(=O)(=O)O)NC(=O)CS(c1ccccc1)(c1ccccc1)c1ccccc1. The first-order valence-corrected chi connectivity index (χ1v) is 43.3. The summed E-state index contributed by atoms with van der Waals surface area (Å²) >= 11 is 0. The summed E-state index contributed by atoms with van der Waals surface area (Å²) < 4.78 is 162. The number of benzene rings is 5. The third-order valence-corrected chi connectivity index (χ3v) is 23.7. The molecule has 110 heavy (non-hydrogen) atoms. The maximum absolute atomic E-state index is 14.3. The molecule has 2 heterocycles. The minimum absolute atomic E-state index is 0.00579. The highest BCUT2D eigenvalue weighted by Crippen LogP contribution is 2.68. The molecule has 33 nitrogen and oxygen atoms in total. The fourth-order valence-corrected chi connectivity index (χ4v) is 17.7. The first-order chi connectivity index (χ1) is 52.3. The second-order valence-corrected chi connectivity index (χ2v) is 35.2. The summed E-state index contributed by atoms with van der Waals surface area (Å²) in [7, 11) is -23.8. The largest absolute Gasteiger partial charge is 0.478 e. The van der Waals surface area contributed by atoms with Crippen LogP contribution in [-0.2, 0) is 95.4 Å². The van der Waals surface area contributed by atoms with E-state index in [0.29, 0.717) is 72.6 Å². The molecule has 0 saturated heterocycles. The van der Waals surface area contributed by atoms with Gasteiger partial charge in [-0.3, -0.25) is 47.0 Å². The van der Waals surface area contributed by atoms with Crippen molar-refractivity contribution in [1.29, 1.82) is 0 Å². The molecule has 6 amide bonds. The maximum Gasteiger partial charge on any atom is 0.267 e. The lowest BCUT2D eigenvalue weighted by molar-refractivity contribution is -0.133. The van der Waals surface area contributed by atoms with Gasteiger partial charge in [0, 0.05) is 56.3 Å². The molecule has 0 bridgehead atoms. The molecule has 598 valence electrons. The summed E-state index contributed by atoms with van der Waals surface area (Å²) in [5, 5.41) is 25.3. The van der Waals surface area contributed by atoms with E-state index in [4.69, 9.17) is 23.9 Å². The fraction of sp³-hybridized carbons (Fsp3) is 0.417. The van der Waals surface area contributed by atoms with Crippen molar-refractivity contribution < 1.29 is 99.6 Å². The molecule has 0 aliphatic rings. The standard InChI is InChI=1S/C72H93N11O22S5/c1-72(2,35-19-21-41-105-66-47-55(53-24-8-3-9-25-53)46-59(76-66)54-26-10-4-11-27-54)71-80-81-82-83(71)38-20-18-34-64(84)73-36-22-39-102-42-44-104-45-43-103-40-23-37-74-67(86)60(48-107(90,91)92)77-69(88)62(50-109(96,97)98)79-70(89)63(51-110(99,100)101)78-68(87)61(49-108(93,94)95)75-65(85)52-106(56-28-12-5-13-29-56,57-30-14-6-15-31-57)58-32-16-7-17-33-58/h3-17,24-33,46-47,60-63H,18-23,34-45,48-52H2,1-2H3,(H,73,84)(H,74,86)(H,75,85)(H,77,88)(H,78,87)(H,79,89)(H,90,91,92)(H,93,94,95)(H,96,97,98)(H,99,100,101)/t60-,61-,62-,63-/m0/s1. The zero-order chi connectivity index (χ0) is 79.8. The number of amides is 6. The van der Waals surface area contributed by atoms with Gasteiger partial charge in [-0.25, -0.2) is 9.67 Å². The van der Waals surface area contributed by atoms with E-state index in [1.54, 1.807) is 101 Å². The van der Waals surface area contributed by atoms with Crippen LogP contribution in [0.1, 0.15) is 71.0 Å². The van der Waals surface area contributed by atoms with E-state index in [-0.39, 0.29) is 57.3 Å². The number of ether oxygens (including phenoxy) is 4. The molecule has 0 unspecified atom stereocenters. The Morgan fingerprint density at radius 2 is 0.864 bits per heavy atom. The average molecular weight is 1620 g/mol.